The number of hydrogen-bond donors (Lipinski definition) is 1. The molecule has 0 bridgehead atoms. The summed E-state index contributed by atoms with van der Waals surface area (Å²) in [6, 6.07) is 4.63. The number of piperidine rings is 1. The van der Waals surface area contributed by atoms with E-state index in [9.17, 15) is 0 Å². The van der Waals surface area contributed by atoms with E-state index in [2.05, 4.69) is 33.2 Å². The molecule has 0 radical (unpaired) electrons. The summed E-state index contributed by atoms with van der Waals surface area (Å²) in [6.45, 7) is 3.06. The summed E-state index contributed by atoms with van der Waals surface area (Å²) < 4.78 is 11.8. The lowest BCUT2D eigenvalue weighted by Gasteiger charge is -2.28. The van der Waals surface area contributed by atoms with Gasteiger partial charge < -0.3 is 19.7 Å². The second-order valence-corrected chi connectivity index (χ2v) is 6.50. The third kappa shape index (κ3) is 4.59. The first-order chi connectivity index (χ1) is 10.1. The quantitative estimate of drug-likeness (QED) is 0.849. The van der Waals surface area contributed by atoms with Crippen molar-refractivity contribution in [3.05, 3.63) is 22.2 Å². The van der Waals surface area contributed by atoms with Crippen LogP contribution < -0.4 is 14.8 Å². The highest BCUT2D eigenvalue weighted by Crippen LogP contribution is 2.33. The van der Waals surface area contributed by atoms with E-state index in [1.807, 2.05) is 12.1 Å². The molecule has 21 heavy (non-hydrogen) atoms. The number of methoxy groups -OCH3 is 2. The van der Waals surface area contributed by atoms with Gasteiger partial charge in [0.2, 0.25) is 0 Å². The Hall–Kier alpha value is -0.780. The zero-order chi connectivity index (χ0) is 15.2. The Morgan fingerprint density at radius 2 is 2.00 bits per heavy atom. The first-order valence-corrected chi connectivity index (χ1v) is 8.25. The molecule has 1 fully saturated rings. The molecule has 1 saturated heterocycles. The van der Waals surface area contributed by atoms with Crippen LogP contribution in [0.4, 0.5) is 0 Å². The largest absolute Gasteiger partial charge is 0.496 e. The predicted molar refractivity (Wildman–Crippen MR) is 89.2 cm³/mol. The number of benzene rings is 1. The lowest BCUT2D eigenvalue weighted by Crippen LogP contribution is -2.42. The van der Waals surface area contributed by atoms with Crippen molar-refractivity contribution < 1.29 is 9.47 Å². The van der Waals surface area contributed by atoms with Crippen molar-refractivity contribution in [2.45, 2.75) is 31.8 Å². The molecule has 1 heterocycles. The molecule has 1 aromatic carbocycles. The van der Waals surface area contributed by atoms with Crippen molar-refractivity contribution in [1.29, 1.82) is 0 Å². The molecule has 0 spiro atoms. The first-order valence-electron chi connectivity index (χ1n) is 7.46. The van der Waals surface area contributed by atoms with E-state index in [1.54, 1.807) is 14.2 Å². The highest BCUT2D eigenvalue weighted by molar-refractivity contribution is 9.10. The van der Waals surface area contributed by atoms with Crippen molar-refractivity contribution in [2.75, 3.05) is 34.4 Å². The Bertz CT molecular complexity index is 462. The zero-order valence-corrected chi connectivity index (χ0v) is 14.7. The molecule has 0 aliphatic carbocycles. The van der Waals surface area contributed by atoms with E-state index in [4.69, 9.17) is 9.47 Å². The summed E-state index contributed by atoms with van der Waals surface area (Å²) in [7, 11) is 5.55. The Morgan fingerprint density at radius 1 is 1.24 bits per heavy atom. The number of hydrogen-bond acceptors (Lipinski definition) is 4. The van der Waals surface area contributed by atoms with Crippen molar-refractivity contribution in [2.24, 2.45) is 0 Å². The molecule has 5 heteroatoms. The van der Waals surface area contributed by atoms with Crippen LogP contribution >= 0.6 is 15.9 Å². The summed E-state index contributed by atoms with van der Waals surface area (Å²) in [6.07, 6.45) is 3.91. The van der Waals surface area contributed by atoms with E-state index in [0.717, 1.165) is 41.2 Å². The average Bonchev–Trinajstić information content (AvgIpc) is 2.49. The van der Waals surface area contributed by atoms with E-state index in [1.165, 1.54) is 19.3 Å². The van der Waals surface area contributed by atoms with Gasteiger partial charge in [0.15, 0.2) is 0 Å². The topological polar surface area (TPSA) is 33.7 Å². The number of ether oxygens (including phenoxy) is 2. The molecule has 118 valence electrons. The molecular weight excluding hydrogens is 332 g/mol. The minimum atomic E-state index is 0.604. The van der Waals surface area contributed by atoms with Crippen LogP contribution in [0.3, 0.4) is 0 Å². The minimum absolute atomic E-state index is 0.604. The molecule has 4 nitrogen and oxygen atoms in total. The fourth-order valence-corrected chi connectivity index (χ4v) is 3.34. The molecular formula is C16H25BrN2O2. The second-order valence-electron chi connectivity index (χ2n) is 5.64. The van der Waals surface area contributed by atoms with Crippen molar-refractivity contribution in [3.63, 3.8) is 0 Å². The van der Waals surface area contributed by atoms with Gasteiger partial charge in [0.1, 0.15) is 11.5 Å². The second kappa shape index (κ2) is 8.01. The van der Waals surface area contributed by atoms with Gasteiger partial charge in [0, 0.05) is 24.7 Å². The van der Waals surface area contributed by atoms with Crippen LogP contribution in [0, 0.1) is 0 Å². The third-order valence-electron chi connectivity index (χ3n) is 3.94. The predicted octanol–water partition coefficient (Wildman–Crippen LogP) is 3.04. The normalized spacial score (nSPS) is 18.8. The lowest BCUT2D eigenvalue weighted by molar-refractivity contribution is 0.253. The minimum Gasteiger partial charge on any atom is -0.496 e. The van der Waals surface area contributed by atoms with Crippen LogP contribution in [0.5, 0.6) is 11.5 Å². The van der Waals surface area contributed by atoms with Crippen LogP contribution in [-0.2, 0) is 6.54 Å². The molecule has 1 aliphatic rings. The van der Waals surface area contributed by atoms with E-state index >= 15 is 0 Å². The molecule has 1 unspecified atom stereocenters. The van der Waals surface area contributed by atoms with Crippen LogP contribution in [0.1, 0.15) is 24.8 Å². The number of halogens is 1. The Balaban J connectivity index is 2.03. The fourth-order valence-electron chi connectivity index (χ4n) is 2.86. The number of nitrogens with one attached hydrogen (secondary N) is 1. The maximum atomic E-state index is 5.49. The number of nitrogens with zero attached hydrogens (tertiary/aromatic N) is 1. The molecule has 0 aromatic heterocycles. The summed E-state index contributed by atoms with van der Waals surface area (Å²) in [5, 5.41) is 3.59. The Labute approximate surface area is 135 Å². The van der Waals surface area contributed by atoms with Crippen LogP contribution in [0.2, 0.25) is 0 Å². The van der Waals surface area contributed by atoms with Crippen LogP contribution in [0.25, 0.3) is 0 Å². The highest BCUT2D eigenvalue weighted by atomic mass is 79.9. The maximum Gasteiger partial charge on any atom is 0.133 e. The molecule has 1 aliphatic heterocycles. The van der Waals surface area contributed by atoms with E-state index < -0.39 is 0 Å². The van der Waals surface area contributed by atoms with Gasteiger partial charge in [-0.2, -0.15) is 0 Å². The monoisotopic (exact) mass is 356 g/mol. The molecule has 0 saturated carbocycles. The molecule has 1 atom stereocenters. The van der Waals surface area contributed by atoms with Crippen LogP contribution in [0.15, 0.2) is 16.6 Å². The zero-order valence-electron chi connectivity index (χ0n) is 13.1. The van der Waals surface area contributed by atoms with Crippen molar-refractivity contribution in [1.82, 2.24) is 10.2 Å². The summed E-state index contributed by atoms with van der Waals surface area (Å²) in [5.41, 5.74) is 1.15. The maximum absolute atomic E-state index is 5.49. The van der Waals surface area contributed by atoms with Gasteiger partial charge in [0.25, 0.3) is 0 Å². The smallest absolute Gasteiger partial charge is 0.133 e. The molecule has 2 rings (SSSR count). The lowest BCUT2D eigenvalue weighted by atomic mass is 10.0. The standard InChI is InChI=1S/C16H25BrN2O2/c1-19(11-13-6-4-5-7-18-13)10-12-8-16(21-3)14(17)9-15(12)20-2/h8-9,13,18H,4-7,10-11H2,1-3H3. The number of likely N-dealkylation sites (N-methyl/N-ethyl adjacent to an activating group) is 1. The summed E-state index contributed by atoms with van der Waals surface area (Å²) in [5.74, 6) is 1.74. The van der Waals surface area contributed by atoms with Crippen molar-refractivity contribution >= 4 is 15.9 Å². The average molecular weight is 357 g/mol. The SMILES string of the molecule is COc1cc(CN(C)CC2CCCCN2)c(OC)cc1Br. The van der Waals surface area contributed by atoms with E-state index in [-0.39, 0.29) is 0 Å². The van der Waals surface area contributed by atoms with Gasteiger partial charge >= 0.3 is 0 Å². The fraction of sp³-hybridized carbons (Fsp3) is 0.625. The number of rotatable bonds is 6. The van der Waals surface area contributed by atoms with Gasteiger partial charge in [-0.25, -0.2) is 0 Å². The Kier molecular flexibility index (Phi) is 6.33. The summed E-state index contributed by atoms with van der Waals surface area (Å²) >= 11 is 3.50. The van der Waals surface area contributed by atoms with E-state index in [0.29, 0.717) is 6.04 Å². The van der Waals surface area contributed by atoms with Gasteiger partial charge in [-0.15, -0.1) is 0 Å². The summed E-state index contributed by atoms with van der Waals surface area (Å²) in [4.78, 5) is 2.34. The highest BCUT2D eigenvalue weighted by Gasteiger charge is 2.16. The molecule has 0 amide bonds. The van der Waals surface area contributed by atoms with Crippen LogP contribution in [-0.4, -0.2) is 45.3 Å². The Morgan fingerprint density at radius 3 is 2.62 bits per heavy atom. The van der Waals surface area contributed by atoms with Crippen molar-refractivity contribution in [3.8, 4) is 11.5 Å². The van der Waals surface area contributed by atoms with Gasteiger partial charge in [-0.1, -0.05) is 6.42 Å². The first kappa shape index (κ1) is 16.6. The molecule has 1 aromatic rings. The molecule has 1 N–H and O–H groups in total. The van der Waals surface area contributed by atoms with Gasteiger partial charge in [-0.05, 0) is 54.5 Å². The van der Waals surface area contributed by atoms with Gasteiger partial charge in [0.05, 0.1) is 18.7 Å². The third-order valence-corrected chi connectivity index (χ3v) is 4.56. The van der Waals surface area contributed by atoms with Gasteiger partial charge in [-0.3, -0.25) is 0 Å².